The first-order valence-corrected chi connectivity index (χ1v) is 7.86. The number of amides is 2. The molecule has 0 saturated carbocycles. The molecule has 0 aromatic heterocycles. The molecule has 0 radical (unpaired) electrons. The van der Waals surface area contributed by atoms with Crippen LogP contribution in [0.1, 0.15) is 61.8 Å². The van der Waals surface area contributed by atoms with Gasteiger partial charge in [0, 0.05) is 6.54 Å². The predicted molar refractivity (Wildman–Crippen MR) is 85.0 cm³/mol. The topological polar surface area (TPSA) is 78.4 Å². The van der Waals surface area contributed by atoms with Gasteiger partial charge in [-0.05, 0) is 41.9 Å². The summed E-state index contributed by atoms with van der Waals surface area (Å²) in [6.07, 6.45) is 2.95. The fourth-order valence-electron chi connectivity index (χ4n) is 2.82. The number of hydrogen-bond donors (Lipinski definition) is 3. The van der Waals surface area contributed by atoms with Gasteiger partial charge in [0.2, 0.25) is 0 Å². The van der Waals surface area contributed by atoms with E-state index in [0.29, 0.717) is 5.92 Å². The second-order valence-corrected chi connectivity index (χ2v) is 6.10. The van der Waals surface area contributed by atoms with E-state index >= 15 is 0 Å². The summed E-state index contributed by atoms with van der Waals surface area (Å²) in [6.45, 7) is 4.46. The molecule has 0 spiro atoms. The molecule has 0 fully saturated rings. The number of carbonyl (C=O) groups is 2. The second-order valence-electron chi connectivity index (χ2n) is 6.10. The minimum absolute atomic E-state index is 0.00674. The van der Waals surface area contributed by atoms with Crippen molar-refractivity contribution < 1.29 is 14.7 Å². The van der Waals surface area contributed by atoms with Gasteiger partial charge in [0.15, 0.2) is 0 Å². The Morgan fingerprint density at radius 3 is 2.82 bits per heavy atom. The molecule has 0 unspecified atom stereocenters. The SMILES string of the molecule is CC(C)c1ccc2c(c1)[C@@H](NC(=O)NCCC(=O)O)CCC2. The number of benzene rings is 1. The number of nitrogens with one attached hydrogen (secondary N) is 2. The van der Waals surface area contributed by atoms with Crippen LogP contribution in [0.4, 0.5) is 4.79 Å². The molecule has 1 atom stereocenters. The van der Waals surface area contributed by atoms with Gasteiger partial charge in [-0.15, -0.1) is 0 Å². The summed E-state index contributed by atoms with van der Waals surface area (Å²) in [4.78, 5) is 22.4. The summed E-state index contributed by atoms with van der Waals surface area (Å²) in [5, 5.41) is 14.2. The summed E-state index contributed by atoms with van der Waals surface area (Å²) < 4.78 is 0. The lowest BCUT2D eigenvalue weighted by Crippen LogP contribution is -2.39. The molecule has 0 heterocycles. The standard InChI is InChI=1S/C17H24N2O3/c1-11(2)13-7-6-12-4-3-5-15(14(12)10-13)19-17(22)18-9-8-16(20)21/h6-7,10-11,15H,3-5,8-9H2,1-2H3,(H,20,21)(H2,18,19,22)/t15-/m0/s1. The number of rotatable bonds is 5. The van der Waals surface area contributed by atoms with E-state index in [-0.39, 0.29) is 25.0 Å². The molecule has 0 bridgehead atoms. The van der Waals surface area contributed by atoms with Crippen LogP contribution in [-0.4, -0.2) is 23.7 Å². The highest BCUT2D eigenvalue weighted by atomic mass is 16.4. The van der Waals surface area contributed by atoms with Crippen LogP contribution >= 0.6 is 0 Å². The highest BCUT2D eigenvalue weighted by Crippen LogP contribution is 2.32. The minimum Gasteiger partial charge on any atom is -0.481 e. The maximum atomic E-state index is 11.9. The molecule has 0 saturated heterocycles. The first-order valence-electron chi connectivity index (χ1n) is 7.86. The van der Waals surface area contributed by atoms with Gasteiger partial charge in [-0.25, -0.2) is 4.79 Å². The average molecular weight is 304 g/mol. The molecule has 3 N–H and O–H groups in total. The van der Waals surface area contributed by atoms with Crippen molar-refractivity contribution in [3.05, 3.63) is 34.9 Å². The van der Waals surface area contributed by atoms with Crippen molar-refractivity contribution in [2.24, 2.45) is 0 Å². The van der Waals surface area contributed by atoms with Crippen molar-refractivity contribution in [2.45, 2.75) is 51.5 Å². The number of aryl methyl sites for hydroxylation is 1. The van der Waals surface area contributed by atoms with Gasteiger partial charge < -0.3 is 15.7 Å². The maximum Gasteiger partial charge on any atom is 0.315 e. The van der Waals surface area contributed by atoms with Crippen LogP contribution in [0.3, 0.4) is 0 Å². The Hall–Kier alpha value is -2.04. The molecule has 0 aliphatic heterocycles. The van der Waals surface area contributed by atoms with E-state index in [0.717, 1.165) is 19.3 Å². The molecule has 1 aromatic carbocycles. The molecular weight excluding hydrogens is 280 g/mol. The first-order chi connectivity index (χ1) is 10.5. The van der Waals surface area contributed by atoms with Crippen LogP contribution in [0, 0.1) is 0 Å². The molecule has 2 rings (SSSR count). The van der Waals surface area contributed by atoms with Gasteiger partial charge in [0.05, 0.1) is 12.5 Å². The van der Waals surface area contributed by atoms with Crippen molar-refractivity contribution in [1.82, 2.24) is 10.6 Å². The molecule has 5 heteroatoms. The smallest absolute Gasteiger partial charge is 0.315 e. The van der Waals surface area contributed by atoms with E-state index in [1.54, 1.807) is 0 Å². The van der Waals surface area contributed by atoms with Crippen molar-refractivity contribution in [3.8, 4) is 0 Å². The van der Waals surface area contributed by atoms with Crippen molar-refractivity contribution >= 4 is 12.0 Å². The Balaban J connectivity index is 2.03. The zero-order chi connectivity index (χ0) is 16.1. The van der Waals surface area contributed by atoms with Crippen LogP contribution in [0.2, 0.25) is 0 Å². The summed E-state index contributed by atoms with van der Waals surface area (Å²) in [5.41, 5.74) is 3.77. The number of hydrogen-bond acceptors (Lipinski definition) is 2. The van der Waals surface area contributed by atoms with Gasteiger partial charge in [-0.2, -0.15) is 0 Å². The summed E-state index contributed by atoms with van der Waals surface area (Å²) in [6, 6.07) is 6.24. The van der Waals surface area contributed by atoms with Crippen molar-refractivity contribution in [2.75, 3.05) is 6.54 Å². The third-order valence-corrected chi connectivity index (χ3v) is 4.08. The maximum absolute atomic E-state index is 11.9. The van der Waals surface area contributed by atoms with Crippen LogP contribution in [-0.2, 0) is 11.2 Å². The first kappa shape index (κ1) is 16.3. The normalized spacial score (nSPS) is 17.0. The predicted octanol–water partition coefficient (Wildman–Crippen LogP) is 2.96. The van der Waals surface area contributed by atoms with E-state index in [1.807, 2.05) is 0 Å². The minimum atomic E-state index is -0.912. The Labute approximate surface area is 131 Å². The van der Waals surface area contributed by atoms with Crippen LogP contribution in [0.15, 0.2) is 18.2 Å². The third kappa shape index (κ3) is 4.23. The fourth-order valence-corrected chi connectivity index (χ4v) is 2.82. The lowest BCUT2D eigenvalue weighted by Gasteiger charge is -2.27. The van der Waals surface area contributed by atoms with Gasteiger partial charge >= 0.3 is 12.0 Å². The average Bonchev–Trinajstić information content (AvgIpc) is 2.46. The number of carbonyl (C=O) groups excluding carboxylic acids is 1. The van der Waals surface area contributed by atoms with Gasteiger partial charge in [0.1, 0.15) is 0 Å². The Bertz CT molecular complexity index is 555. The summed E-state index contributed by atoms with van der Waals surface area (Å²) >= 11 is 0. The monoisotopic (exact) mass is 304 g/mol. The van der Waals surface area contributed by atoms with Gasteiger partial charge in [-0.3, -0.25) is 4.79 Å². The van der Waals surface area contributed by atoms with E-state index in [9.17, 15) is 9.59 Å². The largest absolute Gasteiger partial charge is 0.481 e. The Morgan fingerprint density at radius 2 is 2.14 bits per heavy atom. The summed E-state index contributed by atoms with van der Waals surface area (Å²) in [5.74, 6) is -0.456. The van der Waals surface area contributed by atoms with Crippen LogP contribution < -0.4 is 10.6 Å². The number of carboxylic acid groups (broad SMARTS) is 1. The quantitative estimate of drug-likeness (QED) is 0.782. The highest BCUT2D eigenvalue weighted by molar-refractivity contribution is 5.75. The number of aliphatic carboxylic acids is 1. The molecule has 5 nitrogen and oxygen atoms in total. The Kier molecular flexibility index (Phi) is 5.41. The molecule has 1 aliphatic carbocycles. The Morgan fingerprint density at radius 1 is 1.36 bits per heavy atom. The second kappa shape index (κ2) is 7.29. The van der Waals surface area contributed by atoms with E-state index < -0.39 is 5.97 Å². The highest BCUT2D eigenvalue weighted by Gasteiger charge is 2.22. The van der Waals surface area contributed by atoms with Crippen molar-refractivity contribution in [1.29, 1.82) is 0 Å². The fraction of sp³-hybridized carbons (Fsp3) is 0.529. The number of carboxylic acids is 1. The molecule has 22 heavy (non-hydrogen) atoms. The lowest BCUT2D eigenvalue weighted by molar-refractivity contribution is -0.136. The molecular formula is C17H24N2O3. The van der Waals surface area contributed by atoms with Gasteiger partial charge in [-0.1, -0.05) is 32.0 Å². The van der Waals surface area contributed by atoms with Gasteiger partial charge in [0.25, 0.3) is 0 Å². The molecule has 120 valence electrons. The molecule has 1 aromatic rings. The lowest BCUT2D eigenvalue weighted by atomic mass is 9.85. The van der Waals surface area contributed by atoms with E-state index in [1.165, 1.54) is 16.7 Å². The molecule has 2 amide bonds. The van der Waals surface area contributed by atoms with Crippen LogP contribution in [0.25, 0.3) is 0 Å². The van der Waals surface area contributed by atoms with E-state index in [4.69, 9.17) is 5.11 Å². The number of fused-ring (bicyclic) bond motifs is 1. The zero-order valence-electron chi connectivity index (χ0n) is 13.2. The van der Waals surface area contributed by atoms with E-state index in [2.05, 4.69) is 42.7 Å². The number of urea groups is 1. The van der Waals surface area contributed by atoms with Crippen LogP contribution in [0.5, 0.6) is 0 Å². The third-order valence-electron chi connectivity index (χ3n) is 4.08. The van der Waals surface area contributed by atoms with Crippen molar-refractivity contribution in [3.63, 3.8) is 0 Å². The molecule has 1 aliphatic rings. The summed E-state index contributed by atoms with van der Waals surface area (Å²) in [7, 11) is 0. The zero-order valence-corrected chi connectivity index (χ0v) is 13.2.